The van der Waals surface area contributed by atoms with Crippen molar-refractivity contribution >= 4 is 17.6 Å². The molecule has 0 aliphatic heterocycles. The Labute approximate surface area is 96.4 Å². The summed E-state index contributed by atoms with van der Waals surface area (Å²) in [5, 5.41) is 11.3. The third-order valence-electron chi connectivity index (χ3n) is 1.97. The van der Waals surface area contributed by atoms with Crippen molar-refractivity contribution in [1.29, 1.82) is 0 Å². The van der Waals surface area contributed by atoms with Crippen LogP contribution in [0.1, 0.15) is 10.4 Å². The highest BCUT2D eigenvalue weighted by Crippen LogP contribution is 2.25. The van der Waals surface area contributed by atoms with Crippen molar-refractivity contribution in [3.8, 4) is 11.5 Å². The number of nitrogens with one attached hydrogen (secondary N) is 1. The lowest BCUT2D eigenvalue weighted by molar-refractivity contribution is -0.255. The number of carbonyl (C=O) groups is 1. The fourth-order valence-electron chi connectivity index (χ4n) is 1.22. The van der Waals surface area contributed by atoms with E-state index in [2.05, 4.69) is 4.98 Å². The minimum absolute atomic E-state index is 0.0186. The molecule has 1 heterocycles. The summed E-state index contributed by atoms with van der Waals surface area (Å²) in [6.45, 7) is 0. The van der Waals surface area contributed by atoms with Gasteiger partial charge in [0.05, 0.1) is 11.5 Å². The SMILES string of the molecule is O=C([O-])c1c[nH]cc1Oc1ccc(Cl)cc1. The second-order valence-corrected chi connectivity index (χ2v) is 3.51. The molecule has 0 aliphatic carbocycles. The largest absolute Gasteiger partial charge is 0.545 e. The molecular weight excluding hydrogens is 230 g/mol. The zero-order chi connectivity index (χ0) is 11.5. The van der Waals surface area contributed by atoms with Gasteiger partial charge in [0.2, 0.25) is 0 Å². The average molecular weight is 237 g/mol. The highest BCUT2D eigenvalue weighted by atomic mass is 35.5. The second-order valence-electron chi connectivity index (χ2n) is 3.08. The summed E-state index contributed by atoms with van der Waals surface area (Å²) in [4.78, 5) is 13.3. The molecule has 0 unspecified atom stereocenters. The van der Waals surface area contributed by atoms with E-state index in [9.17, 15) is 9.90 Å². The van der Waals surface area contributed by atoms with Gasteiger partial charge in [-0.15, -0.1) is 0 Å². The van der Waals surface area contributed by atoms with E-state index in [-0.39, 0.29) is 11.3 Å². The maximum atomic E-state index is 10.7. The van der Waals surface area contributed by atoms with Crippen LogP contribution in [0.5, 0.6) is 11.5 Å². The lowest BCUT2D eigenvalue weighted by atomic mass is 10.3. The maximum absolute atomic E-state index is 10.7. The van der Waals surface area contributed by atoms with Gasteiger partial charge in [0.15, 0.2) is 5.75 Å². The number of hydrogen-bond acceptors (Lipinski definition) is 3. The van der Waals surface area contributed by atoms with Crippen molar-refractivity contribution in [1.82, 2.24) is 4.98 Å². The first-order chi connectivity index (χ1) is 7.66. The highest BCUT2D eigenvalue weighted by molar-refractivity contribution is 6.30. The molecule has 16 heavy (non-hydrogen) atoms. The van der Waals surface area contributed by atoms with Crippen LogP contribution in [-0.2, 0) is 0 Å². The van der Waals surface area contributed by atoms with Crippen LogP contribution in [0.4, 0.5) is 0 Å². The van der Waals surface area contributed by atoms with E-state index >= 15 is 0 Å². The first-order valence-corrected chi connectivity index (χ1v) is 4.86. The summed E-state index contributed by atoms with van der Waals surface area (Å²) in [6.07, 6.45) is 2.75. The van der Waals surface area contributed by atoms with E-state index in [1.807, 2.05) is 0 Å². The molecule has 0 spiro atoms. The number of ether oxygens (including phenoxy) is 1. The molecule has 0 saturated carbocycles. The van der Waals surface area contributed by atoms with Gasteiger partial charge in [-0.2, -0.15) is 0 Å². The Morgan fingerprint density at radius 3 is 2.56 bits per heavy atom. The molecule has 0 amide bonds. The Morgan fingerprint density at radius 2 is 1.94 bits per heavy atom. The van der Waals surface area contributed by atoms with Gasteiger partial charge in [0.25, 0.3) is 0 Å². The van der Waals surface area contributed by atoms with E-state index in [1.54, 1.807) is 24.3 Å². The quantitative estimate of drug-likeness (QED) is 0.884. The standard InChI is InChI=1S/C11H8ClNO3/c12-7-1-3-8(4-2-7)16-10-6-13-5-9(10)11(14)15/h1-6,13H,(H,14,15)/p-1. The van der Waals surface area contributed by atoms with E-state index in [1.165, 1.54) is 12.4 Å². The molecule has 0 aliphatic rings. The molecule has 0 saturated heterocycles. The monoisotopic (exact) mass is 236 g/mol. The van der Waals surface area contributed by atoms with Gasteiger partial charge in [-0.3, -0.25) is 0 Å². The Hall–Kier alpha value is -1.94. The van der Waals surface area contributed by atoms with Crippen LogP contribution in [-0.4, -0.2) is 11.0 Å². The zero-order valence-electron chi connectivity index (χ0n) is 8.07. The lowest BCUT2D eigenvalue weighted by Crippen LogP contribution is -2.22. The molecule has 82 valence electrons. The van der Waals surface area contributed by atoms with Gasteiger partial charge in [0, 0.05) is 17.4 Å². The summed E-state index contributed by atoms with van der Waals surface area (Å²) in [5.74, 6) is -0.570. The summed E-state index contributed by atoms with van der Waals surface area (Å²) in [5.41, 5.74) is -0.0186. The van der Waals surface area contributed by atoms with Crippen molar-refractivity contribution in [3.63, 3.8) is 0 Å². The molecule has 0 bridgehead atoms. The third-order valence-corrected chi connectivity index (χ3v) is 2.22. The molecule has 0 radical (unpaired) electrons. The van der Waals surface area contributed by atoms with Gasteiger partial charge in [-0.25, -0.2) is 0 Å². The Bertz CT molecular complexity index is 504. The second kappa shape index (κ2) is 4.28. The van der Waals surface area contributed by atoms with E-state index < -0.39 is 5.97 Å². The molecule has 1 aromatic carbocycles. The fourth-order valence-corrected chi connectivity index (χ4v) is 1.35. The number of carboxylic acids is 1. The van der Waals surface area contributed by atoms with Crippen LogP contribution in [0, 0.1) is 0 Å². The van der Waals surface area contributed by atoms with Crippen LogP contribution in [0.2, 0.25) is 5.02 Å². The number of aromatic nitrogens is 1. The number of aromatic carboxylic acids is 1. The molecule has 0 atom stereocenters. The van der Waals surface area contributed by atoms with Crippen LogP contribution in [0.25, 0.3) is 0 Å². The van der Waals surface area contributed by atoms with Gasteiger partial charge < -0.3 is 19.6 Å². The number of aromatic amines is 1. The number of benzene rings is 1. The summed E-state index contributed by atoms with van der Waals surface area (Å²) >= 11 is 5.71. The van der Waals surface area contributed by atoms with Crippen molar-refractivity contribution in [2.24, 2.45) is 0 Å². The van der Waals surface area contributed by atoms with Gasteiger partial charge in [-0.05, 0) is 24.3 Å². The van der Waals surface area contributed by atoms with Crippen LogP contribution in [0.3, 0.4) is 0 Å². The van der Waals surface area contributed by atoms with Crippen LogP contribution < -0.4 is 9.84 Å². The minimum Gasteiger partial charge on any atom is -0.545 e. The Morgan fingerprint density at radius 1 is 1.25 bits per heavy atom. The van der Waals surface area contributed by atoms with Gasteiger partial charge in [0.1, 0.15) is 5.75 Å². The molecule has 4 nitrogen and oxygen atoms in total. The Balaban J connectivity index is 2.23. The summed E-state index contributed by atoms with van der Waals surface area (Å²) < 4.78 is 5.36. The summed E-state index contributed by atoms with van der Waals surface area (Å²) in [6, 6.07) is 6.60. The first kappa shape index (κ1) is 10.6. The summed E-state index contributed by atoms with van der Waals surface area (Å²) in [7, 11) is 0. The topological polar surface area (TPSA) is 65.1 Å². The lowest BCUT2D eigenvalue weighted by Gasteiger charge is -2.06. The smallest absolute Gasteiger partial charge is 0.153 e. The first-order valence-electron chi connectivity index (χ1n) is 4.48. The number of H-pyrrole nitrogens is 1. The predicted molar refractivity (Wildman–Crippen MR) is 56.6 cm³/mol. The number of carboxylic acid groups (broad SMARTS) is 1. The van der Waals surface area contributed by atoms with Gasteiger partial charge >= 0.3 is 0 Å². The molecule has 2 aromatic rings. The minimum atomic E-state index is -1.29. The van der Waals surface area contributed by atoms with E-state index in [4.69, 9.17) is 16.3 Å². The van der Waals surface area contributed by atoms with Crippen LogP contribution >= 0.6 is 11.6 Å². The number of halogens is 1. The maximum Gasteiger partial charge on any atom is 0.153 e. The molecule has 1 N–H and O–H groups in total. The van der Waals surface area contributed by atoms with E-state index in [0.29, 0.717) is 10.8 Å². The van der Waals surface area contributed by atoms with Crippen LogP contribution in [0.15, 0.2) is 36.7 Å². The van der Waals surface area contributed by atoms with Crippen molar-refractivity contribution in [2.75, 3.05) is 0 Å². The van der Waals surface area contributed by atoms with Crippen molar-refractivity contribution in [2.45, 2.75) is 0 Å². The Kier molecular flexibility index (Phi) is 2.83. The fraction of sp³-hybridized carbons (Fsp3) is 0. The molecular formula is C11H7ClNO3-. The zero-order valence-corrected chi connectivity index (χ0v) is 8.82. The molecule has 5 heteroatoms. The molecule has 1 aromatic heterocycles. The predicted octanol–water partition coefficient (Wildman–Crippen LogP) is 1.82. The highest BCUT2D eigenvalue weighted by Gasteiger charge is 2.06. The van der Waals surface area contributed by atoms with E-state index in [0.717, 1.165) is 0 Å². The molecule has 2 rings (SSSR count). The molecule has 0 fully saturated rings. The van der Waals surface area contributed by atoms with Crippen molar-refractivity contribution < 1.29 is 14.6 Å². The normalized spacial score (nSPS) is 10.1. The number of hydrogen-bond donors (Lipinski definition) is 1. The number of carbonyl (C=O) groups excluding carboxylic acids is 1. The number of rotatable bonds is 3. The van der Waals surface area contributed by atoms with Crippen molar-refractivity contribution in [3.05, 3.63) is 47.2 Å². The van der Waals surface area contributed by atoms with Gasteiger partial charge in [-0.1, -0.05) is 11.6 Å². The third kappa shape index (κ3) is 2.17. The average Bonchev–Trinajstić information content (AvgIpc) is 2.69.